The van der Waals surface area contributed by atoms with Gasteiger partial charge in [-0.25, -0.2) is 0 Å². The van der Waals surface area contributed by atoms with Gasteiger partial charge >= 0.3 is 0 Å². The van der Waals surface area contributed by atoms with Gasteiger partial charge in [-0.15, -0.1) is 24.0 Å². The smallest absolute Gasteiger partial charge is 0.265 e. The second-order valence-electron chi connectivity index (χ2n) is 8.38. The van der Waals surface area contributed by atoms with Gasteiger partial charge in [0, 0.05) is 51.9 Å². The van der Waals surface area contributed by atoms with E-state index in [4.69, 9.17) is 9.73 Å². The van der Waals surface area contributed by atoms with Gasteiger partial charge in [0.2, 0.25) is 5.91 Å². The summed E-state index contributed by atoms with van der Waals surface area (Å²) in [5, 5.41) is 6.32. The summed E-state index contributed by atoms with van der Waals surface area (Å²) >= 11 is 0. The number of nitrogens with one attached hydrogen (secondary N) is 2. The van der Waals surface area contributed by atoms with Crippen molar-refractivity contribution >= 4 is 47.4 Å². The number of halogens is 1. The van der Waals surface area contributed by atoms with Gasteiger partial charge in [-0.2, -0.15) is 0 Å². The Morgan fingerprint density at radius 2 is 1.91 bits per heavy atom. The molecule has 0 radical (unpaired) electrons. The molecule has 0 saturated carbocycles. The fourth-order valence-corrected chi connectivity index (χ4v) is 3.93. The summed E-state index contributed by atoms with van der Waals surface area (Å²) < 4.78 is 5.51. The Bertz CT molecular complexity index is 811. The summed E-state index contributed by atoms with van der Waals surface area (Å²) in [6.45, 7) is 11.9. The number of carbonyl (C=O) groups excluding carboxylic acids is 2. The second-order valence-corrected chi connectivity index (χ2v) is 8.38. The Balaban J connectivity index is 0.00000385. The lowest BCUT2D eigenvalue weighted by molar-refractivity contribution is -0.123. The number of hydrogen-bond donors (Lipinski definition) is 2. The van der Waals surface area contributed by atoms with E-state index in [-0.39, 0.29) is 48.4 Å². The van der Waals surface area contributed by atoms with Crippen molar-refractivity contribution in [2.75, 3.05) is 63.9 Å². The Morgan fingerprint density at radius 3 is 2.61 bits per heavy atom. The Morgan fingerprint density at radius 1 is 1.18 bits per heavy atom. The third-order valence-electron chi connectivity index (χ3n) is 5.43. The van der Waals surface area contributed by atoms with Gasteiger partial charge in [-0.1, -0.05) is 12.1 Å². The zero-order chi connectivity index (χ0) is 22.9. The SMILES string of the molecule is CCNC(=NCCCN1C(=O)COc2ccccc21)N1CCN(CC(=O)NC(C)C)CC1.I. The molecule has 2 aliphatic rings. The number of nitrogens with zero attached hydrogens (tertiary/aromatic N) is 4. The van der Waals surface area contributed by atoms with E-state index in [0.29, 0.717) is 19.6 Å². The van der Waals surface area contributed by atoms with Crippen LogP contribution < -0.4 is 20.3 Å². The molecule has 1 saturated heterocycles. The first kappa shape index (κ1) is 27.2. The summed E-state index contributed by atoms with van der Waals surface area (Å²) in [7, 11) is 0. The molecule has 1 aromatic carbocycles. The molecule has 2 aliphatic heterocycles. The van der Waals surface area contributed by atoms with Crippen molar-refractivity contribution in [2.24, 2.45) is 4.99 Å². The fraction of sp³-hybridized carbons (Fsp3) is 0.609. The van der Waals surface area contributed by atoms with Crippen molar-refractivity contribution in [1.82, 2.24) is 20.4 Å². The lowest BCUT2D eigenvalue weighted by atomic mass is 10.2. The number of anilines is 1. The predicted molar refractivity (Wildman–Crippen MR) is 142 cm³/mol. The molecule has 3 rings (SSSR count). The van der Waals surface area contributed by atoms with Crippen molar-refractivity contribution < 1.29 is 14.3 Å². The van der Waals surface area contributed by atoms with Crippen LogP contribution in [0.3, 0.4) is 0 Å². The fourth-order valence-electron chi connectivity index (χ4n) is 3.93. The normalized spacial score (nSPS) is 16.7. The Hall–Kier alpha value is -2.08. The molecular weight excluding hydrogens is 535 g/mol. The quantitative estimate of drug-likeness (QED) is 0.213. The molecule has 1 fully saturated rings. The first-order chi connectivity index (χ1) is 15.5. The number of benzene rings is 1. The van der Waals surface area contributed by atoms with Crippen LogP contribution in [0.1, 0.15) is 27.2 Å². The molecule has 33 heavy (non-hydrogen) atoms. The van der Waals surface area contributed by atoms with E-state index in [1.54, 1.807) is 4.90 Å². The molecule has 0 bridgehead atoms. The highest BCUT2D eigenvalue weighted by Crippen LogP contribution is 2.31. The van der Waals surface area contributed by atoms with Crippen LogP contribution >= 0.6 is 24.0 Å². The molecule has 1 aromatic rings. The monoisotopic (exact) mass is 572 g/mol. The largest absolute Gasteiger partial charge is 0.482 e. The minimum Gasteiger partial charge on any atom is -0.482 e. The van der Waals surface area contributed by atoms with E-state index in [2.05, 4.69) is 27.4 Å². The molecule has 0 aromatic heterocycles. The Kier molecular flexibility index (Phi) is 11.2. The molecule has 0 spiro atoms. The highest BCUT2D eigenvalue weighted by molar-refractivity contribution is 14.0. The molecule has 184 valence electrons. The van der Waals surface area contributed by atoms with Crippen LogP contribution in [0.15, 0.2) is 29.3 Å². The summed E-state index contributed by atoms with van der Waals surface area (Å²) in [6.07, 6.45) is 0.768. The molecular formula is C23H37IN6O3. The average Bonchev–Trinajstić information content (AvgIpc) is 2.77. The summed E-state index contributed by atoms with van der Waals surface area (Å²) in [4.78, 5) is 35.3. The maximum atomic E-state index is 12.3. The van der Waals surface area contributed by atoms with E-state index >= 15 is 0 Å². The van der Waals surface area contributed by atoms with Gasteiger partial charge in [0.15, 0.2) is 12.6 Å². The van der Waals surface area contributed by atoms with Gasteiger partial charge in [0.25, 0.3) is 5.91 Å². The van der Waals surface area contributed by atoms with Crippen LogP contribution in [0, 0.1) is 0 Å². The number of hydrogen-bond acceptors (Lipinski definition) is 5. The van der Waals surface area contributed by atoms with E-state index in [9.17, 15) is 9.59 Å². The van der Waals surface area contributed by atoms with E-state index in [1.807, 2.05) is 38.1 Å². The van der Waals surface area contributed by atoms with Gasteiger partial charge in [0.05, 0.1) is 12.2 Å². The van der Waals surface area contributed by atoms with Crippen molar-refractivity contribution in [3.8, 4) is 5.75 Å². The molecule has 2 heterocycles. The Labute approximate surface area is 213 Å². The molecule has 2 N–H and O–H groups in total. The van der Waals surface area contributed by atoms with Crippen LogP contribution in [0.5, 0.6) is 5.75 Å². The number of amides is 2. The minimum absolute atomic E-state index is 0. The van der Waals surface area contributed by atoms with Crippen LogP contribution in [-0.2, 0) is 9.59 Å². The van der Waals surface area contributed by atoms with Crippen molar-refractivity contribution in [1.29, 1.82) is 0 Å². The van der Waals surface area contributed by atoms with Crippen molar-refractivity contribution in [3.05, 3.63) is 24.3 Å². The van der Waals surface area contributed by atoms with E-state index < -0.39 is 0 Å². The standard InChI is InChI=1S/C23H36N6O3.HI/c1-4-24-23(28-14-12-27(13-15-28)16-21(30)26-18(2)3)25-10-7-11-29-19-8-5-6-9-20(19)32-17-22(29)31;/h5-6,8-9,18H,4,7,10-17H2,1-3H3,(H,24,25)(H,26,30);1H. The third-order valence-corrected chi connectivity index (χ3v) is 5.43. The lowest BCUT2D eigenvalue weighted by Crippen LogP contribution is -2.54. The van der Waals surface area contributed by atoms with E-state index in [1.165, 1.54) is 0 Å². The van der Waals surface area contributed by atoms with Gasteiger partial charge in [0.1, 0.15) is 5.75 Å². The van der Waals surface area contributed by atoms with Crippen molar-refractivity contribution in [2.45, 2.75) is 33.2 Å². The number of aliphatic imine (C=N–C) groups is 1. The topological polar surface area (TPSA) is 89.5 Å². The van der Waals surface area contributed by atoms with Gasteiger partial charge in [-0.05, 0) is 39.3 Å². The maximum absolute atomic E-state index is 12.3. The molecule has 2 amide bonds. The third kappa shape index (κ3) is 8.02. The number of para-hydroxylation sites is 2. The second kappa shape index (κ2) is 13.6. The first-order valence-electron chi connectivity index (χ1n) is 11.5. The number of carbonyl (C=O) groups is 2. The molecule has 0 atom stereocenters. The number of ether oxygens (including phenoxy) is 1. The van der Waals surface area contributed by atoms with Gasteiger partial charge < -0.3 is 25.2 Å². The zero-order valence-corrected chi connectivity index (χ0v) is 22.2. The number of rotatable bonds is 8. The predicted octanol–water partition coefficient (Wildman–Crippen LogP) is 1.53. The zero-order valence-electron chi connectivity index (χ0n) is 19.9. The number of piperazine rings is 1. The molecule has 0 aliphatic carbocycles. The average molecular weight is 572 g/mol. The minimum atomic E-state index is -0.0165. The molecule has 9 nitrogen and oxygen atoms in total. The van der Waals surface area contributed by atoms with Crippen molar-refractivity contribution in [3.63, 3.8) is 0 Å². The lowest BCUT2D eigenvalue weighted by Gasteiger charge is -2.36. The number of fused-ring (bicyclic) bond motifs is 1. The maximum Gasteiger partial charge on any atom is 0.265 e. The van der Waals surface area contributed by atoms with Crippen LogP contribution in [0.4, 0.5) is 5.69 Å². The highest BCUT2D eigenvalue weighted by atomic mass is 127. The summed E-state index contributed by atoms with van der Waals surface area (Å²) in [6, 6.07) is 7.80. The van der Waals surface area contributed by atoms with E-state index in [0.717, 1.165) is 56.5 Å². The molecule has 0 unspecified atom stereocenters. The first-order valence-corrected chi connectivity index (χ1v) is 11.5. The van der Waals surface area contributed by atoms with Crippen LogP contribution in [0.25, 0.3) is 0 Å². The summed E-state index contributed by atoms with van der Waals surface area (Å²) in [5.41, 5.74) is 0.831. The van der Waals surface area contributed by atoms with Crippen LogP contribution in [0.2, 0.25) is 0 Å². The van der Waals surface area contributed by atoms with Crippen LogP contribution in [-0.4, -0.2) is 92.6 Å². The van der Waals surface area contributed by atoms with Gasteiger partial charge in [-0.3, -0.25) is 19.5 Å². The number of guanidine groups is 1. The highest BCUT2D eigenvalue weighted by Gasteiger charge is 2.25. The molecule has 10 heteroatoms. The summed E-state index contributed by atoms with van der Waals surface area (Å²) in [5.74, 6) is 1.71.